The normalized spacial score (nSPS) is 15.3. The van der Waals surface area contributed by atoms with Crippen molar-refractivity contribution in [2.75, 3.05) is 19.0 Å². The topological polar surface area (TPSA) is 263 Å². The average molecular weight is 481 g/mol. The van der Waals surface area contributed by atoms with Crippen LogP contribution in [0.25, 0.3) is 0 Å². The first-order valence-electron chi connectivity index (χ1n) is 9.18. The summed E-state index contributed by atoms with van der Waals surface area (Å²) >= 11 is 3.83. The Hall–Kier alpha value is -2.95. The van der Waals surface area contributed by atoms with E-state index in [-0.39, 0.29) is 5.75 Å². The number of primary amides is 1. The van der Waals surface area contributed by atoms with E-state index in [2.05, 4.69) is 28.6 Å². The molecule has 0 unspecified atom stereocenters. The van der Waals surface area contributed by atoms with Crippen LogP contribution in [0.2, 0.25) is 0 Å². The zero-order valence-corrected chi connectivity index (χ0v) is 18.0. The van der Waals surface area contributed by atoms with Crippen molar-refractivity contribution in [2.24, 2.45) is 11.5 Å². The molecule has 0 heterocycles. The van der Waals surface area contributed by atoms with Crippen molar-refractivity contribution in [3.63, 3.8) is 0 Å². The van der Waals surface area contributed by atoms with Crippen LogP contribution in [0.15, 0.2) is 0 Å². The van der Waals surface area contributed by atoms with Crippen LogP contribution in [0.5, 0.6) is 0 Å². The second kappa shape index (κ2) is 14.2. The Morgan fingerprint density at radius 3 is 1.59 bits per heavy atom. The fourth-order valence-corrected chi connectivity index (χ4v) is 2.25. The molecule has 32 heavy (non-hydrogen) atoms. The van der Waals surface area contributed by atoms with Crippen LogP contribution < -0.4 is 32.7 Å². The van der Waals surface area contributed by atoms with Gasteiger partial charge in [0.05, 0.1) is 25.7 Å². The van der Waals surface area contributed by atoms with Gasteiger partial charge in [-0.2, -0.15) is 12.6 Å². The van der Waals surface area contributed by atoms with Crippen LogP contribution in [0.1, 0.15) is 13.3 Å². The van der Waals surface area contributed by atoms with E-state index in [9.17, 15) is 39.0 Å². The summed E-state index contributed by atoms with van der Waals surface area (Å²) in [4.78, 5) is 70.7. The molecule has 16 heteroatoms. The number of thiol groups is 1. The molecule has 0 aliphatic heterocycles. The molecule has 0 aromatic carbocycles. The van der Waals surface area contributed by atoms with Crippen molar-refractivity contribution in [1.82, 2.24) is 21.3 Å². The molecule has 0 spiro atoms. The van der Waals surface area contributed by atoms with E-state index in [0.717, 1.165) is 6.92 Å². The maximum atomic E-state index is 12.4. The van der Waals surface area contributed by atoms with Crippen molar-refractivity contribution in [3.05, 3.63) is 0 Å². The minimum Gasteiger partial charge on any atom is -0.480 e. The van der Waals surface area contributed by atoms with Gasteiger partial charge < -0.3 is 48.1 Å². The number of rotatable bonds is 14. The fourth-order valence-electron chi connectivity index (χ4n) is 2.08. The minimum atomic E-state index is -1.66. The molecule has 15 nitrogen and oxygen atoms in total. The van der Waals surface area contributed by atoms with Crippen LogP contribution >= 0.6 is 12.6 Å². The van der Waals surface area contributed by atoms with Crippen molar-refractivity contribution in [1.29, 1.82) is 0 Å². The van der Waals surface area contributed by atoms with E-state index in [0.29, 0.717) is 0 Å². The Morgan fingerprint density at radius 1 is 0.812 bits per heavy atom. The molecular formula is C16H28N6O9S. The first-order valence-corrected chi connectivity index (χ1v) is 9.81. The minimum absolute atomic E-state index is 0.0446. The van der Waals surface area contributed by atoms with E-state index >= 15 is 0 Å². The number of aliphatic hydroxyl groups is 2. The lowest BCUT2D eigenvalue weighted by molar-refractivity contribution is -0.142. The molecule has 0 saturated heterocycles. The number of carboxylic acid groups (broad SMARTS) is 1. The third-order valence-electron chi connectivity index (χ3n) is 3.93. The number of carboxylic acids is 1. The Labute approximate surface area is 188 Å². The third kappa shape index (κ3) is 9.90. The van der Waals surface area contributed by atoms with Crippen LogP contribution in [0.4, 0.5) is 0 Å². The Bertz CT molecular complexity index is 722. The standard InChI is InChI=1S/C16H28N6O9S/c1-6(16(30)31)19-13(27)8(2-11(18)25)20-14(28)10(4-24)22-15(29)9(3-23)21-12(26)7(17)5-32/h6-10,23-24,32H,2-5,17H2,1H3,(H2,18,25)(H,19,27)(H,20,28)(H,21,26)(H,22,29)(H,30,31)/t6-,7-,8-,9-,10-/m0/s1. The number of nitrogens with two attached hydrogens (primary N) is 2. The quantitative estimate of drug-likeness (QED) is 0.105. The predicted octanol–water partition coefficient (Wildman–Crippen LogP) is -5.85. The molecule has 182 valence electrons. The largest absolute Gasteiger partial charge is 0.480 e. The summed E-state index contributed by atoms with van der Waals surface area (Å²) in [6, 6.07) is -7.20. The van der Waals surface area contributed by atoms with Gasteiger partial charge in [-0.15, -0.1) is 0 Å². The van der Waals surface area contributed by atoms with Crippen LogP contribution in [0.3, 0.4) is 0 Å². The van der Waals surface area contributed by atoms with Gasteiger partial charge in [-0.1, -0.05) is 0 Å². The number of carbonyl (C=O) groups excluding carboxylic acids is 5. The van der Waals surface area contributed by atoms with Crippen molar-refractivity contribution in [3.8, 4) is 0 Å². The summed E-state index contributed by atoms with van der Waals surface area (Å²) in [7, 11) is 0. The van der Waals surface area contributed by atoms with Gasteiger partial charge in [-0.05, 0) is 6.92 Å². The second-order valence-electron chi connectivity index (χ2n) is 6.58. The number of aliphatic hydroxyl groups excluding tert-OH is 2. The third-order valence-corrected chi connectivity index (χ3v) is 4.33. The van der Waals surface area contributed by atoms with Gasteiger partial charge in [-0.25, -0.2) is 0 Å². The summed E-state index contributed by atoms with van der Waals surface area (Å²) < 4.78 is 0. The van der Waals surface area contributed by atoms with Gasteiger partial charge in [0.25, 0.3) is 0 Å². The van der Waals surface area contributed by atoms with Crippen LogP contribution in [-0.2, 0) is 28.8 Å². The predicted molar refractivity (Wildman–Crippen MR) is 111 cm³/mol. The fraction of sp³-hybridized carbons (Fsp3) is 0.625. The van der Waals surface area contributed by atoms with E-state index in [1.165, 1.54) is 0 Å². The molecule has 11 N–H and O–H groups in total. The zero-order chi connectivity index (χ0) is 25.0. The number of hydrogen-bond donors (Lipinski definition) is 10. The van der Waals surface area contributed by atoms with Gasteiger partial charge in [0.15, 0.2) is 0 Å². The molecule has 0 aliphatic carbocycles. The van der Waals surface area contributed by atoms with Gasteiger partial charge >= 0.3 is 5.97 Å². The molecule has 5 amide bonds. The maximum absolute atomic E-state index is 12.4. The number of hydrogen-bond acceptors (Lipinski definition) is 10. The van der Waals surface area contributed by atoms with Crippen molar-refractivity contribution in [2.45, 2.75) is 43.6 Å². The second-order valence-corrected chi connectivity index (χ2v) is 6.94. The maximum Gasteiger partial charge on any atom is 0.325 e. The Balaban J connectivity index is 5.26. The van der Waals surface area contributed by atoms with Gasteiger partial charge in [-0.3, -0.25) is 28.8 Å². The lowest BCUT2D eigenvalue weighted by Crippen LogP contribution is -2.60. The van der Waals surface area contributed by atoms with Gasteiger partial charge in [0.2, 0.25) is 29.5 Å². The molecule has 0 fully saturated rings. The zero-order valence-electron chi connectivity index (χ0n) is 17.1. The Kier molecular flexibility index (Phi) is 12.9. The molecule has 0 bridgehead atoms. The molecule has 0 aliphatic rings. The Morgan fingerprint density at radius 2 is 1.22 bits per heavy atom. The van der Waals surface area contributed by atoms with Crippen molar-refractivity contribution >= 4 is 48.1 Å². The number of aliphatic carboxylic acids is 1. The monoisotopic (exact) mass is 480 g/mol. The number of nitrogens with one attached hydrogen (secondary N) is 4. The van der Waals surface area contributed by atoms with E-state index in [1.54, 1.807) is 0 Å². The first kappa shape index (κ1) is 29.1. The van der Waals surface area contributed by atoms with Gasteiger partial charge in [0.1, 0.15) is 24.2 Å². The highest BCUT2D eigenvalue weighted by molar-refractivity contribution is 7.80. The summed E-state index contributed by atoms with van der Waals surface area (Å²) in [5.41, 5.74) is 10.5. The smallest absolute Gasteiger partial charge is 0.325 e. The molecule has 0 aromatic rings. The highest BCUT2D eigenvalue weighted by atomic mass is 32.1. The lowest BCUT2D eigenvalue weighted by atomic mass is 10.1. The van der Waals surface area contributed by atoms with E-state index < -0.39 is 85.3 Å². The van der Waals surface area contributed by atoms with E-state index in [4.69, 9.17) is 16.6 Å². The summed E-state index contributed by atoms with van der Waals surface area (Å²) in [5.74, 6) is -6.45. The number of carbonyl (C=O) groups is 6. The van der Waals surface area contributed by atoms with Gasteiger partial charge in [0, 0.05) is 5.75 Å². The highest BCUT2D eigenvalue weighted by Crippen LogP contribution is 1.97. The SMILES string of the molecule is C[C@H](NC(=O)[C@H](CC(N)=O)NC(=O)[C@H](CO)NC(=O)[C@H](CO)NC(=O)[C@@H](N)CS)C(=O)O. The highest BCUT2D eigenvalue weighted by Gasteiger charge is 2.31. The molecular weight excluding hydrogens is 452 g/mol. The molecule has 0 saturated carbocycles. The molecule has 5 atom stereocenters. The molecule has 0 aromatic heterocycles. The summed E-state index contributed by atoms with van der Waals surface area (Å²) in [6.07, 6.45) is -0.701. The number of amides is 5. The molecule has 0 rings (SSSR count). The summed E-state index contributed by atoms with van der Waals surface area (Å²) in [6.45, 7) is -0.685. The molecule has 0 radical (unpaired) electrons. The first-order chi connectivity index (χ1) is 14.9. The summed E-state index contributed by atoms with van der Waals surface area (Å²) in [5, 5.41) is 35.9. The average Bonchev–Trinajstić information content (AvgIpc) is 2.73. The van der Waals surface area contributed by atoms with E-state index in [1.807, 2.05) is 5.32 Å². The van der Waals surface area contributed by atoms with Crippen molar-refractivity contribution < 1.29 is 44.1 Å². The van der Waals surface area contributed by atoms with Crippen LogP contribution in [-0.4, -0.2) is 100 Å². The van der Waals surface area contributed by atoms with Crippen LogP contribution in [0, 0.1) is 0 Å². The lowest BCUT2D eigenvalue weighted by Gasteiger charge is -2.24.